The summed E-state index contributed by atoms with van der Waals surface area (Å²) in [5.74, 6) is 0.640. The number of hydrogen-bond donors (Lipinski definition) is 0. The number of carbonyl (C=O) groups excluding carboxylic acids is 1. The van der Waals surface area contributed by atoms with Crippen LogP contribution in [-0.4, -0.2) is 76.8 Å². The van der Waals surface area contributed by atoms with Crippen LogP contribution in [0.2, 0.25) is 0 Å². The van der Waals surface area contributed by atoms with Crippen molar-refractivity contribution in [3.63, 3.8) is 0 Å². The lowest BCUT2D eigenvalue weighted by Crippen LogP contribution is -2.45. The summed E-state index contributed by atoms with van der Waals surface area (Å²) in [7, 11) is 1.85. The van der Waals surface area contributed by atoms with Crippen LogP contribution < -0.4 is 4.90 Å². The van der Waals surface area contributed by atoms with Gasteiger partial charge in [-0.05, 0) is 5.56 Å². The second-order valence-corrected chi connectivity index (χ2v) is 8.53. The van der Waals surface area contributed by atoms with Crippen molar-refractivity contribution in [1.82, 2.24) is 44.7 Å². The molecule has 12 nitrogen and oxygen atoms in total. The van der Waals surface area contributed by atoms with Crippen LogP contribution in [0.5, 0.6) is 0 Å². The molecule has 1 saturated heterocycles. The number of fused-ring (bicyclic) bond motifs is 1. The predicted octanol–water partition coefficient (Wildman–Crippen LogP) is 1.80. The molecule has 180 valence electrons. The van der Waals surface area contributed by atoms with E-state index >= 15 is 0 Å². The third kappa shape index (κ3) is 4.29. The zero-order valence-electron chi connectivity index (χ0n) is 19.5. The van der Waals surface area contributed by atoms with Gasteiger partial charge in [0.15, 0.2) is 5.65 Å². The van der Waals surface area contributed by atoms with Crippen molar-refractivity contribution >= 4 is 23.5 Å². The van der Waals surface area contributed by atoms with Crippen LogP contribution in [0, 0.1) is 0 Å². The number of benzene rings is 1. The number of aryl methyl sites for hydroxylation is 1. The number of hydrogen-bond acceptors (Lipinski definition) is 10. The van der Waals surface area contributed by atoms with E-state index in [-0.39, 0.29) is 6.10 Å². The summed E-state index contributed by atoms with van der Waals surface area (Å²) in [4.78, 5) is 31.2. The molecule has 0 unspecified atom stereocenters. The Morgan fingerprint density at radius 3 is 2.61 bits per heavy atom. The number of morpholine rings is 1. The Morgan fingerprint density at radius 1 is 1.03 bits per heavy atom. The molecular formula is C24H22N10O2. The molecule has 0 bridgehead atoms. The van der Waals surface area contributed by atoms with Gasteiger partial charge in [0.25, 0.3) is 0 Å². The van der Waals surface area contributed by atoms with Crippen LogP contribution in [0.25, 0.3) is 33.7 Å². The SMILES string of the molecule is Cn1cc(-c2cnc3c(nnn3C[C@@H]3CN(c4ncc(-c5ccc(C=O)cc5)cn4)CCO3)n2)cn1. The van der Waals surface area contributed by atoms with Crippen molar-refractivity contribution in [3.8, 4) is 22.4 Å². The normalized spacial score (nSPS) is 15.9. The highest BCUT2D eigenvalue weighted by Gasteiger charge is 2.24. The highest BCUT2D eigenvalue weighted by molar-refractivity contribution is 5.76. The summed E-state index contributed by atoms with van der Waals surface area (Å²) in [6.45, 7) is 2.33. The molecule has 1 aliphatic heterocycles. The van der Waals surface area contributed by atoms with Crippen LogP contribution >= 0.6 is 0 Å². The van der Waals surface area contributed by atoms with Crippen molar-refractivity contribution in [2.45, 2.75) is 12.6 Å². The minimum Gasteiger partial charge on any atom is -0.373 e. The van der Waals surface area contributed by atoms with E-state index in [1.807, 2.05) is 25.4 Å². The van der Waals surface area contributed by atoms with Gasteiger partial charge >= 0.3 is 0 Å². The zero-order valence-corrected chi connectivity index (χ0v) is 19.5. The van der Waals surface area contributed by atoms with Gasteiger partial charge in [-0.2, -0.15) is 5.10 Å². The summed E-state index contributed by atoms with van der Waals surface area (Å²) in [5, 5.41) is 12.6. The van der Waals surface area contributed by atoms with Crippen molar-refractivity contribution in [2.24, 2.45) is 7.05 Å². The molecule has 4 aromatic heterocycles. The fraction of sp³-hybridized carbons (Fsp3) is 0.250. The van der Waals surface area contributed by atoms with Gasteiger partial charge in [-0.25, -0.2) is 24.6 Å². The van der Waals surface area contributed by atoms with E-state index in [1.165, 1.54) is 0 Å². The minimum atomic E-state index is -0.136. The van der Waals surface area contributed by atoms with Crippen LogP contribution in [-0.2, 0) is 18.3 Å². The summed E-state index contributed by atoms with van der Waals surface area (Å²) < 4.78 is 9.42. The summed E-state index contributed by atoms with van der Waals surface area (Å²) in [6.07, 6.45) is 9.60. The van der Waals surface area contributed by atoms with Crippen molar-refractivity contribution in [3.05, 3.63) is 60.8 Å². The second kappa shape index (κ2) is 9.23. The number of aromatic nitrogens is 9. The Morgan fingerprint density at radius 2 is 1.86 bits per heavy atom. The Labute approximate surface area is 205 Å². The van der Waals surface area contributed by atoms with E-state index in [0.29, 0.717) is 54.7 Å². The molecule has 0 spiro atoms. The van der Waals surface area contributed by atoms with Gasteiger partial charge in [0.2, 0.25) is 11.6 Å². The lowest BCUT2D eigenvalue weighted by Gasteiger charge is -2.32. The van der Waals surface area contributed by atoms with Crippen LogP contribution in [0.15, 0.2) is 55.2 Å². The Balaban J connectivity index is 1.15. The lowest BCUT2D eigenvalue weighted by atomic mass is 10.1. The average Bonchev–Trinajstić information content (AvgIpc) is 3.55. The number of nitrogens with zero attached hydrogens (tertiary/aromatic N) is 10. The third-order valence-corrected chi connectivity index (χ3v) is 6.04. The maximum absolute atomic E-state index is 10.9. The van der Waals surface area contributed by atoms with E-state index < -0.39 is 0 Å². The van der Waals surface area contributed by atoms with Crippen LogP contribution in [0.3, 0.4) is 0 Å². The van der Waals surface area contributed by atoms with Crippen LogP contribution in [0.4, 0.5) is 5.95 Å². The van der Waals surface area contributed by atoms with E-state index in [2.05, 4.69) is 40.2 Å². The number of rotatable bonds is 6. The number of anilines is 1. The van der Waals surface area contributed by atoms with Gasteiger partial charge < -0.3 is 9.64 Å². The maximum atomic E-state index is 10.9. The average molecular weight is 483 g/mol. The first-order chi connectivity index (χ1) is 17.7. The van der Waals surface area contributed by atoms with Gasteiger partial charge in [0.1, 0.15) is 6.29 Å². The Kier molecular flexibility index (Phi) is 5.62. The quantitative estimate of drug-likeness (QED) is 0.330. The summed E-state index contributed by atoms with van der Waals surface area (Å²) in [6, 6.07) is 7.33. The Bertz CT molecular complexity index is 1510. The number of carbonyl (C=O) groups is 1. The van der Waals surface area contributed by atoms with Gasteiger partial charge in [0.05, 0.1) is 37.3 Å². The van der Waals surface area contributed by atoms with Gasteiger partial charge in [0, 0.05) is 55.4 Å². The predicted molar refractivity (Wildman–Crippen MR) is 130 cm³/mol. The molecule has 5 heterocycles. The number of aldehydes is 1. The first-order valence-electron chi connectivity index (χ1n) is 11.5. The molecule has 5 aromatic rings. The Hall–Kier alpha value is -4.58. The first-order valence-corrected chi connectivity index (χ1v) is 11.5. The largest absolute Gasteiger partial charge is 0.373 e. The molecule has 1 atom stereocenters. The zero-order chi connectivity index (χ0) is 24.5. The number of ether oxygens (including phenoxy) is 1. The van der Waals surface area contributed by atoms with Crippen LogP contribution in [0.1, 0.15) is 10.4 Å². The van der Waals surface area contributed by atoms with Gasteiger partial charge in [-0.15, -0.1) is 5.10 Å². The topological polar surface area (TPSA) is 130 Å². The molecule has 6 rings (SSSR count). The first kappa shape index (κ1) is 21.9. The molecule has 0 radical (unpaired) electrons. The van der Waals surface area contributed by atoms with E-state index in [0.717, 1.165) is 23.0 Å². The van der Waals surface area contributed by atoms with E-state index in [1.54, 1.807) is 46.3 Å². The van der Waals surface area contributed by atoms with E-state index in [4.69, 9.17) is 4.74 Å². The fourth-order valence-electron chi connectivity index (χ4n) is 4.17. The van der Waals surface area contributed by atoms with Crippen molar-refractivity contribution in [2.75, 3.05) is 24.6 Å². The molecule has 0 amide bonds. The standard InChI is InChI=1S/C24H22N10O2/c1-32-12-19(10-28-32)21-11-25-23-22(29-21)30-31-34(23)14-20-13-33(6-7-36-20)24-26-8-18(9-27-24)17-4-2-16(15-35)3-5-17/h2-5,8-12,15,20H,6-7,13-14H2,1H3/t20-/m0/s1. The lowest BCUT2D eigenvalue weighted by molar-refractivity contribution is 0.0273. The summed E-state index contributed by atoms with van der Waals surface area (Å²) in [5.41, 5.74) is 5.13. The highest BCUT2D eigenvalue weighted by Crippen LogP contribution is 2.21. The molecule has 12 heteroatoms. The van der Waals surface area contributed by atoms with Crippen molar-refractivity contribution in [1.29, 1.82) is 0 Å². The smallest absolute Gasteiger partial charge is 0.225 e. The minimum absolute atomic E-state index is 0.136. The molecule has 1 aliphatic rings. The fourth-order valence-corrected chi connectivity index (χ4v) is 4.17. The molecule has 1 aromatic carbocycles. The third-order valence-electron chi connectivity index (χ3n) is 6.04. The molecule has 1 fully saturated rings. The highest BCUT2D eigenvalue weighted by atomic mass is 16.5. The molecule has 0 N–H and O–H groups in total. The van der Waals surface area contributed by atoms with E-state index in [9.17, 15) is 4.79 Å². The summed E-state index contributed by atoms with van der Waals surface area (Å²) >= 11 is 0. The molecule has 0 saturated carbocycles. The maximum Gasteiger partial charge on any atom is 0.225 e. The molecule has 0 aliphatic carbocycles. The van der Waals surface area contributed by atoms with Gasteiger partial charge in [-0.1, -0.05) is 29.5 Å². The monoisotopic (exact) mass is 482 g/mol. The van der Waals surface area contributed by atoms with Gasteiger partial charge in [-0.3, -0.25) is 9.48 Å². The second-order valence-electron chi connectivity index (χ2n) is 8.53. The molecule has 36 heavy (non-hydrogen) atoms. The molecular weight excluding hydrogens is 460 g/mol. The van der Waals surface area contributed by atoms with Crippen molar-refractivity contribution < 1.29 is 9.53 Å².